The number of aromatic nitrogens is 1. The van der Waals surface area contributed by atoms with E-state index >= 15 is 0 Å². The average molecular weight is 276 g/mol. The Morgan fingerprint density at radius 3 is 2.70 bits per heavy atom. The van der Waals surface area contributed by atoms with Gasteiger partial charge in [0.1, 0.15) is 5.76 Å². The van der Waals surface area contributed by atoms with Crippen LogP contribution < -0.4 is 0 Å². The minimum atomic E-state index is -0.0921. The lowest BCUT2D eigenvalue weighted by Crippen LogP contribution is -2.51. The molecule has 6 nitrogen and oxygen atoms in total. The van der Waals surface area contributed by atoms with E-state index in [2.05, 4.69) is 23.0 Å². The zero-order valence-corrected chi connectivity index (χ0v) is 12.0. The van der Waals surface area contributed by atoms with Crippen LogP contribution in [0.1, 0.15) is 36.0 Å². The summed E-state index contributed by atoms with van der Waals surface area (Å²) >= 11 is 0. The number of nitrogens with zero attached hydrogens (tertiary/aromatic N) is 4. The largest absolute Gasteiger partial charge is 0.361 e. The molecule has 20 heavy (non-hydrogen) atoms. The lowest BCUT2D eigenvalue weighted by Gasteiger charge is -2.36. The fourth-order valence-corrected chi connectivity index (χ4v) is 2.47. The maximum absolute atomic E-state index is 12.2. The van der Waals surface area contributed by atoms with E-state index in [-0.39, 0.29) is 11.9 Å². The van der Waals surface area contributed by atoms with E-state index in [0.717, 1.165) is 25.9 Å². The average Bonchev–Trinajstić information content (AvgIpc) is 2.91. The summed E-state index contributed by atoms with van der Waals surface area (Å²) in [5.41, 5.74) is 0.362. The second-order valence-corrected chi connectivity index (χ2v) is 5.08. The Morgan fingerprint density at radius 2 is 2.20 bits per heavy atom. The predicted molar refractivity (Wildman–Crippen MR) is 73.0 cm³/mol. The zero-order chi connectivity index (χ0) is 14.5. The molecule has 0 bridgehead atoms. The number of amides is 1. The highest BCUT2D eigenvalue weighted by molar-refractivity contribution is 5.92. The van der Waals surface area contributed by atoms with Crippen molar-refractivity contribution in [3.63, 3.8) is 0 Å². The summed E-state index contributed by atoms with van der Waals surface area (Å²) in [6, 6.07) is 3.97. The van der Waals surface area contributed by atoms with Crippen molar-refractivity contribution < 1.29 is 9.32 Å². The third kappa shape index (κ3) is 3.17. The SMILES string of the molecule is CCCC(C#N)N1CCN(C(=O)c2cc(C)on2)CC1. The highest BCUT2D eigenvalue weighted by Gasteiger charge is 2.27. The van der Waals surface area contributed by atoms with E-state index in [1.807, 2.05) is 0 Å². The third-order valence-electron chi connectivity index (χ3n) is 3.60. The van der Waals surface area contributed by atoms with Crippen LogP contribution in [0.5, 0.6) is 0 Å². The molecule has 1 saturated heterocycles. The molecule has 1 aliphatic heterocycles. The minimum absolute atomic E-state index is 0.0356. The smallest absolute Gasteiger partial charge is 0.276 e. The number of rotatable bonds is 4. The molecule has 1 aliphatic rings. The molecular formula is C14H20N4O2. The maximum Gasteiger partial charge on any atom is 0.276 e. The number of piperazine rings is 1. The molecule has 0 aliphatic carbocycles. The van der Waals surface area contributed by atoms with E-state index in [4.69, 9.17) is 4.52 Å². The van der Waals surface area contributed by atoms with Crippen LogP contribution in [0.15, 0.2) is 10.6 Å². The molecule has 0 N–H and O–H groups in total. The van der Waals surface area contributed by atoms with Crippen molar-refractivity contribution >= 4 is 5.91 Å². The second-order valence-electron chi connectivity index (χ2n) is 5.08. The van der Waals surface area contributed by atoms with Gasteiger partial charge in [-0.3, -0.25) is 9.69 Å². The summed E-state index contributed by atoms with van der Waals surface area (Å²) in [4.78, 5) is 16.1. The highest BCUT2D eigenvalue weighted by atomic mass is 16.5. The second kappa shape index (κ2) is 6.53. The summed E-state index contributed by atoms with van der Waals surface area (Å²) in [5, 5.41) is 12.9. The molecule has 0 saturated carbocycles. The Morgan fingerprint density at radius 1 is 1.50 bits per heavy atom. The van der Waals surface area contributed by atoms with E-state index in [9.17, 15) is 10.1 Å². The van der Waals surface area contributed by atoms with Gasteiger partial charge in [0.15, 0.2) is 5.69 Å². The van der Waals surface area contributed by atoms with Crippen LogP contribution >= 0.6 is 0 Å². The molecule has 1 amide bonds. The fraction of sp³-hybridized carbons (Fsp3) is 0.643. The summed E-state index contributed by atoms with van der Waals surface area (Å²) in [6.07, 6.45) is 1.88. The Bertz CT molecular complexity index is 498. The summed E-state index contributed by atoms with van der Waals surface area (Å²) in [7, 11) is 0. The van der Waals surface area contributed by atoms with Gasteiger partial charge >= 0.3 is 0 Å². The molecule has 1 unspecified atom stereocenters. The quantitative estimate of drug-likeness (QED) is 0.831. The van der Waals surface area contributed by atoms with Crippen LogP contribution in [0.4, 0.5) is 0 Å². The lowest BCUT2D eigenvalue weighted by molar-refractivity contribution is 0.0591. The molecule has 1 fully saturated rings. The van der Waals surface area contributed by atoms with Crippen LogP contribution in [0.25, 0.3) is 0 Å². The van der Waals surface area contributed by atoms with Gasteiger partial charge in [0.05, 0.1) is 12.1 Å². The third-order valence-corrected chi connectivity index (χ3v) is 3.60. The molecular weight excluding hydrogens is 256 g/mol. The standard InChI is InChI=1S/C14H20N4O2/c1-3-4-12(10-15)17-5-7-18(8-6-17)14(19)13-9-11(2)20-16-13/h9,12H,3-8H2,1-2H3. The van der Waals surface area contributed by atoms with Crippen LogP contribution in [0, 0.1) is 18.3 Å². The molecule has 1 aromatic heterocycles. The number of hydrogen-bond acceptors (Lipinski definition) is 5. The molecule has 6 heteroatoms. The summed E-state index contributed by atoms with van der Waals surface area (Å²) in [5.74, 6) is 0.546. The van der Waals surface area contributed by atoms with Gasteiger partial charge in [-0.1, -0.05) is 18.5 Å². The number of carbonyl (C=O) groups excluding carboxylic acids is 1. The lowest BCUT2D eigenvalue weighted by atomic mass is 10.1. The molecule has 0 radical (unpaired) electrons. The Kier molecular flexibility index (Phi) is 4.74. The topological polar surface area (TPSA) is 73.4 Å². The van der Waals surface area contributed by atoms with Crippen LogP contribution in [0.2, 0.25) is 0 Å². The van der Waals surface area contributed by atoms with Crippen molar-refractivity contribution in [3.8, 4) is 6.07 Å². The first-order chi connectivity index (χ1) is 9.65. The molecule has 2 heterocycles. The Labute approximate surface area is 118 Å². The summed E-state index contributed by atoms with van der Waals surface area (Å²) in [6.45, 7) is 6.59. The first-order valence-electron chi connectivity index (χ1n) is 7.02. The van der Waals surface area contributed by atoms with E-state index in [0.29, 0.717) is 24.5 Å². The van der Waals surface area contributed by atoms with E-state index in [1.54, 1.807) is 17.9 Å². The first-order valence-corrected chi connectivity index (χ1v) is 7.02. The number of carbonyl (C=O) groups is 1. The molecule has 1 aromatic rings. The normalized spacial score (nSPS) is 17.8. The van der Waals surface area contributed by atoms with Gasteiger partial charge in [-0.05, 0) is 13.3 Å². The van der Waals surface area contributed by atoms with Crippen LogP contribution in [-0.4, -0.2) is 53.1 Å². The molecule has 0 spiro atoms. The van der Waals surface area contributed by atoms with Gasteiger partial charge in [0, 0.05) is 32.2 Å². The van der Waals surface area contributed by atoms with E-state index in [1.165, 1.54) is 0 Å². The van der Waals surface area contributed by atoms with Crippen molar-refractivity contribution in [3.05, 3.63) is 17.5 Å². The van der Waals surface area contributed by atoms with Crippen molar-refractivity contribution in [2.75, 3.05) is 26.2 Å². The minimum Gasteiger partial charge on any atom is -0.361 e. The Balaban J connectivity index is 1.91. The first kappa shape index (κ1) is 14.5. The van der Waals surface area contributed by atoms with Gasteiger partial charge in [-0.2, -0.15) is 5.26 Å². The monoisotopic (exact) mass is 276 g/mol. The van der Waals surface area contributed by atoms with Crippen molar-refractivity contribution in [1.29, 1.82) is 5.26 Å². The van der Waals surface area contributed by atoms with E-state index < -0.39 is 0 Å². The fourth-order valence-electron chi connectivity index (χ4n) is 2.47. The number of nitriles is 1. The highest BCUT2D eigenvalue weighted by Crippen LogP contribution is 2.13. The molecule has 0 aromatic carbocycles. The number of hydrogen-bond donors (Lipinski definition) is 0. The van der Waals surface area contributed by atoms with Gasteiger partial charge in [0.25, 0.3) is 5.91 Å². The van der Waals surface area contributed by atoms with Crippen molar-refractivity contribution in [2.24, 2.45) is 0 Å². The maximum atomic E-state index is 12.2. The molecule has 1 atom stereocenters. The van der Waals surface area contributed by atoms with Crippen LogP contribution in [-0.2, 0) is 0 Å². The van der Waals surface area contributed by atoms with Crippen molar-refractivity contribution in [2.45, 2.75) is 32.7 Å². The van der Waals surface area contributed by atoms with Gasteiger partial charge in [0.2, 0.25) is 0 Å². The molecule has 2 rings (SSSR count). The molecule has 108 valence electrons. The van der Waals surface area contributed by atoms with Crippen molar-refractivity contribution in [1.82, 2.24) is 15.0 Å². The van der Waals surface area contributed by atoms with Crippen LogP contribution in [0.3, 0.4) is 0 Å². The zero-order valence-electron chi connectivity index (χ0n) is 12.0. The van der Waals surface area contributed by atoms with Gasteiger partial charge in [-0.25, -0.2) is 0 Å². The van der Waals surface area contributed by atoms with Gasteiger partial charge < -0.3 is 9.42 Å². The van der Waals surface area contributed by atoms with Gasteiger partial charge in [-0.15, -0.1) is 0 Å². The Hall–Kier alpha value is -1.87. The summed E-state index contributed by atoms with van der Waals surface area (Å²) < 4.78 is 4.93. The predicted octanol–water partition coefficient (Wildman–Crippen LogP) is 1.43. The number of aryl methyl sites for hydroxylation is 1.